The summed E-state index contributed by atoms with van der Waals surface area (Å²) in [6.45, 7) is 4.48. The van der Waals surface area contributed by atoms with Gasteiger partial charge in [0.2, 0.25) is 12.5 Å². The lowest BCUT2D eigenvalue weighted by Crippen LogP contribution is -2.41. The summed E-state index contributed by atoms with van der Waals surface area (Å²) in [5, 5.41) is 1.72. The molecule has 9 nitrogen and oxygen atoms in total. The van der Waals surface area contributed by atoms with E-state index in [4.69, 9.17) is 23.7 Å². The number of benzene rings is 2. The van der Waals surface area contributed by atoms with Gasteiger partial charge in [-0.2, -0.15) is 4.57 Å². The second-order valence-electron chi connectivity index (χ2n) is 11.0. The van der Waals surface area contributed by atoms with Crippen LogP contribution in [0.15, 0.2) is 53.3 Å². The number of aryl methyl sites for hydroxylation is 2. The van der Waals surface area contributed by atoms with Crippen LogP contribution in [0.4, 0.5) is 0 Å². The third-order valence-electron chi connectivity index (χ3n) is 8.54. The number of allylic oxidation sites excluding steroid dienone is 4. The summed E-state index contributed by atoms with van der Waals surface area (Å²) >= 11 is 0. The van der Waals surface area contributed by atoms with Crippen molar-refractivity contribution in [1.29, 1.82) is 0 Å². The van der Waals surface area contributed by atoms with Gasteiger partial charge < -0.3 is 23.7 Å². The third kappa shape index (κ3) is 5.13. The molecule has 1 aromatic heterocycles. The SMILES string of the molecule is COc1ccc2c(CC(=O)OCCCCC3=CC(=O)C(C)=C(C)C3=O)c3[n+](cc2c1OC)CCc1cc2c(cc1-3)OCO2. The molecule has 0 amide bonds. The number of Topliss-reactive ketones (excluding diaryl/α,β-unsaturated/α-hetero) is 1. The number of nitrogens with zero attached hydrogens (tertiary/aromatic N) is 1. The molecule has 0 saturated heterocycles. The van der Waals surface area contributed by atoms with E-state index in [0.717, 1.165) is 45.3 Å². The number of esters is 1. The van der Waals surface area contributed by atoms with E-state index in [0.29, 0.717) is 59.8 Å². The minimum atomic E-state index is -0.351. The van der Waals surface area contributed by atoms with Crippen molar-refractivity contribution in [2.45, 2.75) is 52.5 Å². The van der Waals surface area contributed by atoms with Crippen LogP contribution in [0.1, 0.15) is 44.2 Å². The molecule has 0 spiro atoms. The van der Waals surface area contributed by atoms with Crippen molar-refractivity contribution in [3.05, 3.63) is 64.4 Å². The molecule has 222 valence electrons. The second kappa shape index (κ2) is 11.6. The molecule has 9 heteroatoms. The lowest BCUT2D eigenvalue weighted by atomic mass is 9.89. The number of unbranched alkanes of at least 4 members (excludes halogenated alkanes) is 1. The third-order valence-corrected chi connectivity index (χ3v) is 8.54. The number of carbonyl (C=O) groups is 3. The van der Waals surface area contributed by atoms with Gasteiger partial charge in [-0.3, -0.25) is 14.4 Å². The molecule has 1 aliphatic carbocycles. The Morgan fingerprint density at radius 1 is 0.977 bits per heavy atom. The monoisotopic (exact) mass is 584 g/mol. The van der Waals surface area contributed by atoms with E-state index >= 15 is 0 Å². The first-order chi connectivity index (χ1) is 20.8. The van der Waals surface area contributed by atoms with Gasteiger partial charge in [0.1, 0.15) is 0 Å². The van der Waals surface area contributed by atoms with E-state index in [-0.39, 0.29) is 37.4 Å². The average molecular weight is 585 g/mol. The van der Waals surface area contributed by atoms with Gasteiger partial charge in [-0.15, -0.1) is 0 Å². The van der Waals surface area contributed by atoms with Crippen molar-refractivity contribution >= 4 is 28.3 Å². The minimum Gasteiger partial charge on any atom is -0.493 e. The maximum Gasteiger partial charge on any atom is 0.310 e. The van der Waals surface area contributed by atoms with Crippen molar-refractivity contribution in [3.8, 4) is 34.3 Å². The van der Waals surface area contributed by atoms with Gasteiger partial charge in [0.05, 0.1) is 38.2 Å². The lowest BCUT2D eigenvalue weighted by molar-refractivity contribution is -0.686. The number of aromatic nitrogens is 1. The van der Waals surface area contributed by atoms with Gasteiger partial charge in [0.15, 0.2) is 47.3 Å². The molecule has 0 radical (unpaired) electrons. The average Bonchev–Trinajstić information content (AvgIpc) is 3.47. The number of hydrogen-bond donors (Lipinski definition) is 0. The first-order valence-corrected chi connectivity index (χ1v) is 14.5. The van der Waals surface area contributed by atoms with Crippen LogP contribution < -0.4 is 23.5 Å². The summed E-state index contributed by atoms with van der Waals surface area (Å²) in [7, 11) is 3.21. The summed E-state index contributed by atoms with van der Waals surface area (Å²) in [5.41, 5.74) is 5.41. The fourth-order valence-electron chi connectivity index (χ4n) is 6.10. The largest absolute Gasteiger partial charge is 0.493 e. The minimum absolute atomic E-state index is 0.0530. The molecule has 43 heavy (non-hydrogen) atoms. The molecule has 6 rings (SSSR count). The predicted octanol–water partition coefficient (Wildman–Crippen LogP) is 4.77. The van der Waals surface area contributed by atoms with Crippen LogP contribution in [-0.2, 0) is 38.5 Å². The van der Waals surface area contributed by atoms with E-state index < -0.39 is 0 Å². The number of pyridine rings is 1. The van der Waals surface area contributed by atoms with Crippen LogP contribution in [0, 0.1) is 0 Å². The van der Waals surface area contributed by atoms with E-state index in [2.05, 4.69) is 10.8 Å². The Balaban J connectivity index is 1.25. The molecular weight excluding hydrogens is 550 g/mol. The Kier molecular flexibility index (Phi) is 7.64. The number of ether oxygens (including phenoxy) is 5. The van der Waals surface area contributed by atoms with Gasteiger partial charge >= 0.3 is 5.97 Å². The van der Waals surface area contributed by atoms with Crippen LogP contribution in [0.2, 0.25) is 0 Å². The van der Waals surface area contributed by atoms with Crippen LogP contribution in [0.5, 0.6) is 23.0 Å². The highest BCUT2D eigenvalue weighted by Gasteiger charge is 2.33. The van der Waals surface area contributed by atoms with Gasteiger partial charge in [-0.25, -0.2) is 0 Å². The van der Waals surface area contributed by atoms with Gasteiger partial charge in [0.25, 0.3) is 0 Å². The van der Waals surface area contributed by atoms with E-state index in [1.54, 1.807) is 28.1 Å². The Morgan fingerprint density at radius 2 is 1.77 bits per heavy atom. The summed E-state index contributed by atoms with van der Waals surface area (Å²) in [4.78, 5) is 38.0. The summed E-state index contributed by atoms with van der Waals surface area (Å²) in [5.74, 6) is 2.08. The number of rotatable bonds is 9. The zero-order valence-electron chi connectivity index (χ0n) is 24.8. The molecule has 2 aromatic carbocycles. The van der Waals surface area contributed by atoms with Crippen LogP contribution in [0.25, 0.3) is 22.0 Å². The Bertz CT molecular complexity index is 1750. The fourth-order valence-corrected chi connectivity index (χ4v) is 6.10. The van der Waals surface area contributed by atoms with E-state index in [1.807, 2.05) is 24.3 Å². The Labute approximate surface area is 249 Å². The van der Waals surface area contributed by atoms with E-state index in [9.17, 15) is 14.4 Å². The predicted molar refractivity (Wildman–Crippen MR) is 157 cm³/mol. The molecule has 3 heterocycles. The number of carbonyl (C=O) groups excluding carboxylic acids is 3. The summed E-state index contributed by atoms with van der Waals surface area (Å²) in [6.07, 6.45) is 6.01. The van der Waals surface area contributed by atoms with Crippen LogP contribution in [-0.4, -0.2) is 45.2 Å². The second-order valence-corrected chi connectivity index (χ2v) is 11.0. The molecule has 0 N–H and O–H groups in total. The highest BCUT2D eigenvalue weighted by atomic mass is 16.7. The standard InChI is InChI=1S/C34H34NO8/c1-19-20(2)33(38)22(13-27(19)36)7-5-6-12-41-31(37)16-25-23-8-9-28(39-3)34(40-4)26(23)17-35-11-10-21-14-29-30(43-18-42-29)15-24(21)32(25)35/h8-9,13-15,17H,5-7,10-12,16,18H2,1-4H3/q+1. The molecule has 0 unspecified atom stereocenters. The normalized spacial score (nSPS) is 15.3. The number of hydrogen-bond acceptors (Lipinski definition) is 8. The highest BCUT2D eigenvalue weighted by molar-refractivity contribution is 6.22. The van der Waals surface area contributed by atoms with Crippen molar-refractivity contribution in [1.82, 2.24) is 0 Å². The summed E-state index contributed by atoms with van der Waals surface area (Å²) in [6, 6.07) is 7.83. The highest BCUT2D eigenvalue weighted by Crippen LogP contribution is 2.43. The van der Waals surface area contributed by atoms with E-state index in [1.165, 1.54) is 6.08 Å². The zero-order chi connectivity index (χ0) is 30.2. The molecule has 0 atom stereocenters. The molecule has 0 saturated carbocycles. The quantitative estimate of drug-likeness (QED) is 0.154. The fraction of sp³-hybridized carbons (Fsp3) is 0.353. The smallest absolute Gasteiger partial charge is 0.310 e. The molecule has 3 aliphatic rings. The number of methoxy groups -OCH3 is 2. The molecule has 2 aliphatic heterocycles. The van der Waals surface area contributed by atoms with Crippen molar-refractivity contribution in [3.63, 3.8) is 0 Å². The molecule has 0 fully saturated rings. The molecule has 3 aromatic rings. The van der Waals surface area contributed by atoms with Crippen LogP contribution in [0.3, 0.4) is 0 Å². The van der Waals surface area contributed by atoms with Crippen molar-refractivity contribution in [2.24, 2.45) is 0 Å². The van der Waals surface area contributed by atoms with Gasteiger partial charge in [0, 0.05) is 34.1 Å². The maximum atomic E-state index is 13.3. The van der Waals surface area contributed by atoms with Crippen LogP contribution >= 0.6 is 0 Å². The first-order valence-electron chi connectivity index (χ1n) is 14.5. The van der Waals surface area contributed by atoms with Gasteiger partial charge in [-0.1, -0.05) is 0 Å². The van der Waals surface area contributed by atoms with Crippen molar-refractivity contribution in [2.75, 3.05) is 27.6 Å². The zero-order valence-corrected chi connectivity index (χ0v) is 24.8. The van der Waals surface area contributed by atoms with Crippen molar-refractivity contribution < 1.29 is 42.6 Å². The number of fused-ring (bicyclic) bond motifs is 5. The molecule has 0 bridgehead atoms. The number of ketones is 2. The summed E-state index contributed by atoms with van der Waals surface area (Å²) < 4.78 is 30.5. The van der Waals surface area contributed by atoms with Gasteiger partial charge in [-0.05, 0) is 69.0 Å². The maximum absolute atomic E-state index is 13.3. The molecular formula is C34H34NO8+. The first kappa shape index (κ1) is 28.5. The lowest BCUT2D eigenvalue weighted by Gasteiger charge is -2.20. The topological polar surface area (TPSA) is 101 Å². The Morgan fingerprint density at radius 3 is 2.53 bits per heavy atom. The Hall–Kier alpha value is -4.66.